The van der Waals surface area contributed by atoms with E-state index in [4.69, 9.17) is 0 Å². The topological polar surface area (TPSA) is 17.1 Å². The first-order valence-electron chi connectivity index (χ1n) is 16.3. The zero-order valence-electron chi connectivity index (χ0n) is 24.1. The van der Waals surface area contributed by atoms with Crippen LogP contribution in [-0.4, -0.2) is 5.78 Å². The molecule has 0 aromatic carbocycles. The third-order valence-electron chi connectivity index (χ3n) is 7.62. The second kappa shape index (κ2) is 30.7. The predicted octanol–water partition coefficient (Wildman–Crippen LogP) is 12.3. The number of unbranched alkanes of at least 4 members (excludes halogenated alkanes) is 26. The van der Waals surface area contributed by atoms with Crippen LogP contribution in [0, 0.1) is 0 Å². The second-order valence-electron chi connectivity index (χ2n) is 11.2. The average Bonchev–Trinajstić information content (AvgIpc) is 2.84. The van der Waals surface area contributed by atoms with Gasteiger partial charge < -0.3 is 0 Å². The molecule has 34 heavy (non-hydrogen) atoms. The Balaban J connectivity index is 3.13. The first-order chi connectivity index (χ1) is 16.8. The van der Waals surface area contributed by atoms with Gasteiger partial charge in [-0.05, 0) is 12.8 Å². The molecule has 0 aromatic heterocycles. The standard InChI is InChI=1S/C33H66O/c1-3-5-7-9-11-13-15-17-18-19-20-22-24-26-28-30-32-33(34)31-29-27-25-23-21-16-14-12-10-8-6-4-2/h3-32H2,1-2H3. The van der Waals surface area contributed by atoms with Crippen LogP contribution in [0.4, 0.5) is 0 Å². The molecule has 0 unspecified atom stereocenters. The molecule has 0 aliphatic rings. The number of carbonyl (C=O) groups excluding carboxylic acids is 1. The normalized spacial score (nSPS) is 11.4. The minimum atomic E-state index is 0.525. The molecule has 0 aromatic rings. The van der Waals surface area contributed by atoms with Crippen LogP contribution in [0.3, 0.4) is 0 Å². The van der Waals surface area contributed by atoms with Crippen LogP contribution >= 0.6 is 0 Å². The van der Waals surface area contributed by atoms with Gasteiger partial charge in [0.05, 0.1) is 0 Å². The maximum Gasteiger partial charge on any atom is 0.132 e. The Morgan fingerprint density at radius 2 is 0.471 bits per heavy atom. The number of hydrogen-bond donors (Lipinski definition) is 0. The van der Waals surface area contributed by atoms with Gasteiger partial charge >= 0.3 is 0 Å². The molecule has 0 saturated carbocycles. The van der Waals surface area contributed by atoms with Crippen molar-refractivity contribution in [3.05, 3.63) is 0 Å². The Bertz CT molecular complexity index is 375. The first kappa shape index (κ1) is 33.7. The highest BCUT2D eigenvalue weighted by atomic mass is 16.1. The zero-order valence-corrected chi connectivity index (χ0v) is 24.1. The summed E-state index contributed by atoms with van der Waals surface area (Å²) in [4.78, 5) is 12.1. The van der Waals surface area contributed by atoms with Crippen LogP contribution < -0.4 is 0 Å². The predicted molar refractivity (Wildman–Crippen MR) is 155 cm³/mol. The van der Waals surface area contributed by atoms with Gasteiger partial charge in [0.15, 0.2) is 0 Å². The van der Waals surface area contributed by atoms with Crippen molar-refractivity contribution in [3.8, 4) is 0 Å². The number of ketones is 1. The number of Topliss-reactive ketones (excluding diaryl/α,β-unsaturated/α-hetero) is 1. The summed E-state index contributed by atoms with van der Waals surface area (Å²) in [5.74, 6) is 0.525. The zero-order chi connectivity index (χ0) is 24.8. The summed E-state index contributed by atoms with van der Waals surface area (Å²) in [6, 6.07) is 0. The fourth-order valence-corrected chi connectivity index (χ4v) is 5.16. The van der Waals surface area contributed by atoms with Crippen molar-refractivity contribution in [2.45, 2.75) is 206 Å². The molecule has 0 bridgehead atoms. The lowest BCUT2D eigenvalue weighted by Gasteiger charge is -2.04. The van der Waals surface area contributed by atoms with Gasteiger partial charge in [0.25, 0.3) is 0 Å². The van der Waals surface area contributed by atoms with E-state index in [2.05, 4.69) is 13.8 Å². The van der Waals surface area contributed by atoms with E-state index in [1.165, 1.54) is 167 Å². The van der Waals surface area contributed by atoms with Gasteiger partial charge in [0.1, 0.15) is 5.78 Å². The van der Waals surface area contributed by atoms with Crippen molar-refractivity contribution in [1.29, 1.82) is 0 Å². The van der Waals surface area contributed by atoms with Crippen LogP contribution in [0.2, 0.25) is 0 Å². The lowest BCUT2D eigenvalue weighted by Crippen LogP contribution is -1.97. The largest absolute Gasteiger partial charge is 0.300 e. The third kappa shape index (κ3) is 29.7. The van der Waals surface area contributed by atoms with E-state index >= 15 is 0 Å². The lowest BCUT2D eigenvalue weighted by atomic mass is 10.0. The smallest absolute Gasteiger partial charge is 0.132 e. The molecule has 0 fully saturated rings. The minimum Gasteiger partial charge on any atom is -0.300 e. The maximum absolute atomic E-state index is 12.1. The van der Waals surface area contributed by atoms with Gasteiger partial charge in [0, 0.05) is 12.8 Å². The molecule has 0 saturated heterocycles. The lowest BCUT2D eigenvalue weighted by molar-refractivity contribution is -0.119. The maximum atomic E-state index is 12.1. The van der Waals surface area contributed by atoms with E-state index in [9.17, 15) is 4.79 Å². The number of rotatable bonds is 30. The molecule has 1 nitrogen and oxygen atoms in total. The summed E-state index contributed by atoms with van der Waals surface area (Å²) in [5, 5.41) is 0. The fraction of sp³-hybridized carbons (Fsp3) is 0.970. The van der Waals surface area contributed by atoms with Gasteiger partial charge in [0.2, 0.25) is 0 Å². The van der Waals surface area contributed by atoms with Gasteiger partial charge in [-0.3, -0.25) is 4.79 Å². The molecule has 0 rings (SSSR count). The van der Waals surface area contributed by atoms with Crippen molar-refractivity contribution in [3.63, 3.8) is 0 Å². The number of carbonyl (C=O) groups is 1. The summed E-state index contributed by atoms with van der Waals surface area (Å²) in [5.41, 5.74) is 0. The van der Waals surface area contributed by atoms with Crippen LogP contribution in [0.5, 0.6) is 0 Å². The Kier molecular flexibility index (Phi) is 30.4. The van der Waals surface area contributed by atoms with Crippen LogP contribution in [0.15, 0.2) is 0 Å². The molecular weight excluding hydrogens is 412 g/mol. The van der Waals surface area contributed by atoms with Gasteiger partial charge in [-0.15, -0.1) is 0 Å². The van der Waals surface area contributed by atoms with Crippen molar-refractivity contribution < 1.29 is 4.79 Å². The van der Waals surface area contributed by atoms with E-state index in [1.54, 1.807) is 0 Å². The molecule has 0 radical (unpaired) electrons. The summed E-state index contributed by atoms with van der Waals surface area (Å²) in [6.45, 7) is 4.58. The van der Waals surface area contributed by atoms with E-state index in [0.717, 1.165) is 25.7 Å². The minimum absolute atomic E-state index is 0.525. The highest BCUT2D eigenvalue weighted by Crippen LogP contribution is 2.15. The Hall–Kier alpha value is -0.330. The highest BCUT2D eigenvalue weighted by molar-refractivity contribution is 5.78. The van der Waals surface area contributed by atoms with E-state index < -0.39 is 0 Å². The molecule has 0 spiro atoms. The quantitative estimate of drug-likeness (QED) is 0.0938. The highest BCUT2D eigenvalue weighted by Gasteiger charge is 2.02. The summed E-state index contributed by atoms with van der Waals surface area (Å²) < 4.78 is 0. The molecule has 0 amide bonds. The molecule has 0 aliphatic carbocycles. The van der Waals surface area contributed by atoms with Crippen LogP contribution in [-0.2, 0) is 4.79 Å². The van der Waals surface area contributed by atoms with Crippen molar-refractivity contribution >= 4 is 5.78 Å². The molecule has 0 heterocycles. The fourth-order valence-electron chi connectivity index (χ4n) is 5.16. The van der Waals surface area contributed by atoms with Crippen molar-refractivity contribution in [2.75, 3.05) is 0 Å². The third-order valence-corrected chi connectivity index (χ3v) is 7.62. The van der Waals surface area contributed by atoms with E-state index in [-0.39, 0.29) is 0 Å². The van der Waals surface area contributed by atoms with Gasteiger partial charge in [-0.2, -0.15) is 0 Å². The molecule has 1 heteroatoms. The summed E-state index contributed by atoms with van der Waals surface area (Å²) >= 11 is 0. The Morgan fingerprint density at radius 3 is 0.676 bits per heavy atom. The van der Waals surface area contributed by atoms with Crippen LogP contribution in [0.25, 0.3) is 0 Å². The molecular formula is C33H66O. The molecule has 204 valence electrons. The SMILES string of the molecule is CCCCCCCCCCCCCCCCCCC(=O)CCCCCCCCCCCCCC. The van der Waals surface area contributed by atoms with Crippen molar-refractivity contribution in [1.82, 2.24) is 0 Å². The van der Waals surface area contributed by atoms with Gasteiger partial charge in [-0.25, -0.2) is 0 Å². The Labute approximate surface area is 217 Å². The summed E-state index contributed by atoms with van der Waals surface area (Å²) in [7, 11) is 0. The molecule has 0 N–H and O–H groups in total. The molecule has 0 aliphatic heterocycles. The van der Waals surface area contributed by atoms with E-state index in [0.29, 0.717) is 5.78 Å². The van der Waals surface area contributed by atoms with Gasteiger partial charge in [-0.1, -0.05) is 181 Å². The number of hydrogen-bond acceptors (Lipinski definition) is 1. The first-order valence-corrected chi connectivity index (χ1v) is 16.3. The monoisotopic (exact) mass is 479 g/mol. The molecule has 0 atom stereocenters. The second-order valence-corrected chi connectivity index (χ2v) is 11.2. The Morgan fingerprint density at radius 1 is 0.294 bits per heavy atom. The summed E-state index contributed by atoms with van der Waals surface area (Å²) in [6.07, 6.45) is 40.5. The van der Waals surface area contributed by atoms with Crippen molar-refractivity contribution in [2.24, 2.45) is 0 Å². The van der Waals surface area contributed by atoms with E-state index in [1.807, 2.05) is 0 Å². The average molecular weight is 479 g/mol. The van der Waals surface area contributed by atoms with Crippen LogP contribution in [0.1, 0.15) is 206 Å².